The summed E-state index contributed by atoms with van der Waals surface area (Å²) in [5, 5.41) is 18.4. The van der Waals surface area contributed by atoms with Crippen LogP contribution < -0.4 is 0 Å². The van der Waals surface area contributed by atoms with Crippen molar-refractivity contribution in [2.24, 2.45) is 0 Å². The van der Waals surface area contributed by atoms with E-state index in [1.807, 2.05) is 42.7 Å². The Labute approximate surface area is 187 Å². The lowest BCUT2D eigenvalue weighted by atomic mass is 10.1. The Hall–Kier alpha value is -2.67. The summed E-state index contributed by atoms with van der Waals surface area (Å²) in [6, 6.07) is 15.0. The minimum atomic E-state index is -3.57. The summed E-state index contributed by atoms with van der Waals surface area (Å²) in [6.07, 6.45) is 1.24. The molecule has 0 atom stereocenters. The highest BCUT2D eigenvalue weighted by atomic mass is 32.2. The summed E-state index contributed by atoms with van der Waals surface area (Å²) in [5.41, 5.74) is 3.78. The molecule has 31 heavy (non-hydrogen) atoms. The van der Waals surface area contributed by atoms with Crippen molar-refractivity contribution in [3.63, 3.8) is 0 Å². The first-order chi connectivity index (χ1) is 14.8. The highest BCUT2D eigenvalue weighted by Crippen LogP contribution is 2.32. The molecule has 3 aromatic rings. The van der Waals surface area contributed by atoms with Gasteiger partial charge >= 0.3 is 0 Å². The molecule has 0 N–H and O–H groups in total. The minimum absolute atomic E-state index is 0.203. The number of benzene rings is 2. The quantitative estimate of drug-likeness (QED) is 0.373. The van der Waals surface area contributed by atoms with Gasteiger partial charge in [0, 0.05) is 31.8 Å². The van der Waals surface area contributed by atoms with Crippen LogP contribution in [0.2, 0.25) is 0 Å². The van der Waals surface area contributed by atoms with Crippen molar-refractivity contribution in [1.29, 1.82) is 5.26 Å². The van der Waals surface area contributed by atoms with Gasteiger partial charge in [-0.1, -0.05) is 42.1 Å². The first kappa shape index (κ1) is 23.0. The second kappa shape index (κ2) is 9.64. The van der Waals surface area contributed by atoms with Crippen molar-refractivity contribution in [2.75, 3.05) is 19.8 Å². The lowest BCUT2D eigenvalue weighted by molar-refractivity contribution is 0.521. The van der Waals surface area contributed by atoms with E-state index in [0.717, 1.165) is 29.0 Å². The Morgan fingerprint density at radius 3 is 2.42 bits per heavy atom. The van der Waals surface area contributed by atoms with Crippen molar-refractivity contribution in [3.05, 3.63) is 53.6 Å². The molecule has 162 valence electrons. The number of aryl methyl sites for hydroxylation is 2. The summed E-state index contributed by atoms with van der Waals surface area (Å²) < 4.78 is 28.5. The van der Waals surface area contributed by atoms with Crippen LogP contribution in [0.15, 0.2) is 52.5 Å². The number of aromatic nitrogens is 3. The number of thioether (sulfide) groups is 1. The maximum absolute atomic E-state index is 12.6. The molecule has 0 fully saturated rings. The van der Waals surface area contributed by atoms with Gasteiger partial charge in [0.1, 0.15) is 0 Å². The van der Waals surface area contributed by atoms with E-state index in [0.29, 0.717) is 23.0 Å². The molecular formula is C22H25N5O2S2. The summed E-state index contributed by atoms with van der Waals surface area (Å²) >= 11 is 1.54. The van der Waals surface area contributed by atoms with Gasteiger partial charge in [0.05, 0.1) is 16.7 Å². The third-order valence-electron chi connectivity index (χ3n) is 4.83. The molecule has 0 saturated carbocycles. The van der Waals surface area contributed by atoms with Crippen LogP contribution in [0.5, 0.6) is 0 Å². The molecule has 7 nitrogen and oxygen atoms in total. The molecule has 9 heteroatoms. The van der Waals surface area contributed by atoms with Gasteiger partial charge in [0.25, 0.3) is 0 Å². The van der Waals surface area contributed by atoms with Crippen LogP contribution in [0.1, 0.15) is 24.0 Å². The zero-order valence-electron chi connectivity index (χ0n) is 18.0. The molecular weight excluding hydrogens is 430 g/mol. The normalized spacial score (nSPS) is 11.6. The first-order valence-corrected chi connectivity index (χ1v) is 12.2. The molecule has 1 aromatic heterocycles. The van der Waals surface area contributed by atoms with Gasteiger partial charge in [0.2, 0.25) is 10.0 Å². The fourth-order valence-corrected chi connectivity index (χ4v) is 5.06. The largest absolute Gasteiger partial charge is 0.269 e. The Balaban J connectivity index is 2.16. The second-order valence-corrected chi connectivity index (χ2v) is 10.5. The van der Waals surface area contributed by atoms with Gasteiger partial charge in [-0.3, -0.25) is 4.57 Å². The number of sulfonamides is 1. The van der Waals surface area contributed by atoms with Gasteiger partial charge in [0.15, 0.2) is 11.0 Å². The summed E-state index contributed by atoms with van der Waals surface area (Å²) in [5.74, 6) is 1.32. The van der Waals surface area contributed by atoms with Crippen molar-refractivity contribution in [3.8, 4) is 23.1 Å². The molecule has 0 aliphatic heterocycles. The number of rotatable bonds is 8. The van der Waals surface area contributed by atoms with E-state index < -0.39 is 10.0 Å². The van der Waals surface area contributed by atoms with Crippen LogP contribution >= 0.6 is 11.8 Å². The maximum atomic E-state index is 12.6. The predicted octanol–water partition coefficient (Wildman–Crippen LogP) is 4.20. The molecule has 1 heterocycles. The third-order valence-corrected chi connectivity index (χ3v) is 7.66. The van der Waals surface area contributed by atoms with E-state index >= 15 is 0 Å². The first-order valence-electron chi connectivity index (χ1n) is 9.82. The van der Waals surface area contributed by atoms with Crippen LogP contribution in [0.4, 0.5) is 0 Å². The number of nitrogens with zero attached hydrogens (tertiary/aromatic N) is 5. The van der Waals surface area contributed by atoms with Crippen molar-refractivity contribution >= 4 is 21.8 Å². The highest BCUT2D eigenvalue weighted by molar-refractivity contribution is 7.99. The Morgan fingerprint density at radius 2 is 1.77 bits per heavy atom. The molecule has 0 saturated heterocycles. The standard InChI is InChI=1S/C22H25N5O2S2/c1-16-9-7-10-17(2)20(16)27-21(24-25-22(27)30-14-6-5-13-23)18-11-8-12-19(15-18)31(28,29)26(3)4/h7-12,15H,5-6,14H2,1-4H3. The molecule has 0 amide bonds. The van der Waals surface area contributed by atoms with E-state index in [9.17, 15) is 8.42 Å². The average molecular weight is 456 g/mol. The Bertz CT molecular complexity index is 1210. The fourth-order valence-electron chi connectivity index (χ4n) is 3.23. The topological polar surface area (TPSA) is 91.9 Å². The summed E-state index contributed by atoms with van der Waals surface area (Å²) in [4.78, 5) is 0.203. The Kier molecular flexibility index (Phi) is 7.15. The van der Waals surface area contributed by atoms with Crippen LogP contribution in [-0.4, -0.2) is 47.3 Å². The van der Waals surface area contributed by atoms with Gasteiger partial charge in [-0.2, -0.15) is 5.26 Å². The highest BCUT2D eigenvalue weighted by Gasteiger charge is 2.22. The monoisotopic (exact) mass is 455 g/mol. The molecule has 3 rings (SSSR count). The number of para-hydroxylation sites is 1. The van der Waals surface area contributed by atoms with Crippen LogP contribution in [0.25, 0.3) is 17.1 Å². The van der Waals surface area contributed by atoms with Crippen molar-refractivity contribution in [1.82, 2.24) is 19.1 Å². The maximum Gasteiger partial charge on any atom is 0.242 e. The van der Waals surface area contributed by atoms with Gasteiger partial charge in [-0.05, 0) is 43.5 Å². The molecule has 0 bridgehead atoms. The predicted molar refractivity (Wildman–Crippen MR) is 123 cm³/mol. The summed E-state index contributed by atoms with van der Waals surface area (Å²) in [7, 11) is -0.553. The van der Waals surface area contributed by atoms with Crippen molar-refractivity contribution in [2.45, 2.75) is 36.7 Å². The zero-order chi connectivity index (χ0) is 22.6. The van der Waals surface area contributed by atoms with E-state index in [4.69, 9.17) is 5.26 Å². The second-order valence-electron chi connectivity index (χ2n) is 7.31. The van der Waals surface area contributed by atoms with E-state index in [2.05, 4.69) is 16.3 Å². The number of unbranched alkanes of at least 4 members (excludes halogenated alkanes) is 1. The summed E-state index contributed by atoms with van der Waals surface area (Å²) in [6.45, 7) is 4.06. The van der Waals surface area contributed by atoms with Crippen LogP contribution in [0, 0.1) is 25.2 Å². The lowest BCUT2D eigenvalue weighted by Gasteiger charge is -2.16. The van der Waals surface area contributed by atoms with Crippen LogP contribution in [-0.2, 0) is 10.0 Å². The van der Waals surface area contributed by atoms with Crippen LogP contribution in [0.3, 0.4) is 0 Å². The average Bonchev–Trinajstić information content (AvgIpc) is 3.14. The number of hydrogen-bond donors (Lipinski definition) is 0. The zero-order valence-corrected chi connectivity index (χ0v) is 19.7. The Morgan fingerprint density at radius 1 is 1.10 bits per heavy atom. The minimum Gasteiger partial charge on any atom is -0.269 e. The molecule has 0 radical (unpaired) electrons. The number of nitriles is 1. The van der Waals surface area contributed by atoms with Crippen molar-refractivity contribution < 1.29 is 8.42 Å². The molecule has 0 unspecified atom stereocenters. The van der Waals surface area contributed by atoms with Gasteiger partial charge in [-0.25, -0.2) is 12.7 Å². The van der Waals surface area contributed by atoms with E-state index in [1.165, 1.54) is 18.4 Å². The third kappa shape index (κ3) is 4.82. The molecule has 0 spiro atoms. The molecule has 2 aromatic carbocycles. The molecule has 0 aliphatic carbocycles. The SMILES string of the molecule is Cc1cccc(C)c1-n1c(SCCCC#N)nnc1-c1cccc(S(=O)(=O)N(C)C)c1. The number of hydrogen-bond acceptors (Lipinski definition) is 6. The molecule has 0 aliphatic rings. The van der Waals surface area contributed by atoms with Gasteiger partial charge in [-0.15, -0.1) is 10.2 Å². The smallest absolute Gasteiger partial charge is 0.242 e. The van der Waals surface area contributed by atoms with Gasteiger partial charge < -0.3 is 0 Å². The van der Waals surface area contributed by atoms with E-state index in [-0.39, 0.29) is 4.90 Å². The van der Waals surface area contributed by atoms with E-state index in [1.54, 1.807) is 30.0 Å². The fraction of sp³-hybridized carbons (Fsp3) is 0.318. The lowest BCUT2D eigenvalue weighted by Crippen LogP contribution is -2.22.